The SMILES string of the molecule is CC(=O)NC12CC3CC4N(c5ccc(-c6cc(OCC(C)(C)O)cn7ncc(C#N)c67)cn5)C(C1)C42C3. The highest BCUT2D eigenvalue weighted by Gasteiger charge is 2.84. The lowest BCUT2D eigenvalue weighted by atomic mass is 9.43. The normalized spacial score (nSPS) is 30.9. The number of aromatic nitrogens is 3. The molecule has 9 nitrogen and oxygen atoms in total. The maximum atomic E-state index is 12.0. The third-order valence-electron chi connectivity index (χ3n) is 9.15. The van der Waals surface area contributed by atoms with Crippen LogP contribution in [0.4, 0.5) is 5.82 Å². The summed E-state index contributed by atoms with van der Waals surface area (Å²) in [5.74, 6) is 2.28. The van der Waals surface area contributed by atoms with Gasteiger partial charge in [-0.25, -0.2) is 9.50 Å². The van der Waals surface area contributed by atoms with Crippen molar-refractivity contribution in [3.8, 4) is 22.9 Å². The van der Waals surface area contributed by atoms with Gasteiger partial charge < -0.3 is 20.1 Å². The number of hydrogen-bond donors (Lipinski definition) is 2. The molecule has 3 aromatic rings. The fraction of sp³-hybridized carbons (Fsp3) is 0.500. The second kappa shape index (κ2) is 7.23. The summed E-state index contributed by atoms with van der Waals surface area (Å²) in [5, 5.41) is 27.4. The van der Waals surface area contributed by atoms with Crippen LogP contribution in [0.25, 0.3) is 16.6 Å². The van der Waals surface area contributed by atoms with Crippen molar-refractivity contribution in [3.63, 3.8) is 0 Å². The lowest BCUT2D eigenvalue weighted by Crippen LogP contribution is -2.89. The molecular formula is C28H30N6O3. The Morgan fingerprint density at radius 3 is 2.84 bits per heavy atom. The summed E-state index contributed by atoms with van der Waals surface area (Å²) in [5.41, 5.74) is 2.05. The predicted molar refractivity (Wildman–Crippen MR) is 136 cm³/mol. The van der Waals surface area contributed by atoms with E-state index in [9.17, 15) is 15.2 Å². The average Bonchev–Trinajstić information content (AvgIpc) is 3.49. The van der Waals surface area contributed by atoms with Crippen LogP contribution in [0.5, 0.6) is 5.75 Å². The summed E-state index contributed by atoms with van der Waals surface area (Å²) >= 11 is 0. The first-order valence-electron chi connectivity index (χ1n) is 12.9. The fourth-order valence-corrected chi connectivity index (χ4v) is 8.06. The molecule has 1 aliphatic heterocycles. The van der Waals surface area contributed by atoms with Crippen molar-refractivity contribution in [1.29, 1.82) is 5.26 Å². The van der Waals surface area contributed by atoms with Gasteiger partial charge in [-0.1, -0.05) is 0 Å². The first-order valence-corrected chi connectivity index (χ1v) is 12.9. The molecule has 2 bridgehead atoms. The average molecular weight is 499 g/mol. The molecule has 0 radical (unpaired) electrons. The summed E-state index contributed by atoms with van der Waals surface area (Å²) in [6.07, 6.45) is 9.62. The van der Waals surface area contributed by atoms with E-state index in [0.717, 1.165) is 29.8 Å². The largest absolute Gasteiger partial charge is 0.489 e. The smallest absolute Gasteiger partial charge is 0.217 e. The molecule has 3 saturated carbocycles. The van der Waals surface area contributed by atoms with Gasteiger partial charge in [-0.15, -0.1) is 0 Å². The van der Waals surface area contributed by atoms with E-state index in [1.807, 2.05) is 18.3 Å². The molecule has 5 atom stereocenters. The van der Waals surface area contributed by atoms with Crippen LogP contribution in [0, 0.1) is 22.7 Å². The number of anilines is 1. The number of hydrogen-bond acceptors (Lipinski definition) is 7. The highest BCUT2D eigenvalue weighted by Crippen LogP contribution is 2.78. The number of nitriles is 1. The maximum absolute atomic E-state index is 12.0. The molecule has 3 aliphatic carbocycles. The Balaban J connectivity index is 1.20. The first-order chi connectivity index (χ1) is 17.6. The van der Waals surface area contributed by atoms with Crippen LogP contribution in [0.2, 0.25) is 0 Å². The summed E-state index contributed by atoms with van der Waals surface area (Å²) in [6, 6.07) is 9.08. The zero-order chi connectivity index (χ0) is 25.7. The number of aliphatic hydroxyl groups is 1. The minimum absolute atomic E-state index is 0.0155. The van der Waals surface area contributed by atoms with E-state index in [2.05, 4.69) is 27.5 Å². The second-order valence-electron chi connectivity index (χ2n) is 12.0. The van der Waals surface area contributed by atoms with E-state index in [4.69, 9.17) is 9.72 Å². The van der Waals surface area contributed by atoms with Crippen LogP contribution >= 0.6 is 0 Å². The number of piperidine rings is 1. The van der Waals surface area contributed by atoms with Gasteiger partial charge in [0.05, 0.1) is 34.6 Å². The molecule has 9 heteroatoms. The zero-order valence-corrected chi connectivity index (χ0v) is 21.2. The van der Waals surface area contributed by atoms with Gasteiger partial charge >= 0.3 is 0 Å². The molecule has 1 spiro atoms. The molecule has 190 valence electrons. The van der Waals surface area contributed by atoms with E-state index in [1.165, 1.54) is 12.8 Å². The summed E-state index contributed by atoms with van der Waals surface area (Å²) in [4.78, 5) is 19.3. The first kappa shape index (κ1) is 22.5. The van der Waals surface area contributed by atoms with Gasteiger partial charge in [0.25, 0.3) is 0 Å². The van der Waals surface area contributed by atoms with Crippen LogP contribution in [0.15, 0.2) is 36.8 Å². The number of carbonyl (C=O) groups excluding carboxylic acids is 1. The molecule has 3 aromatic heterocycles. The molecule has 37 heavy (non-hydrogen) atoms. The van der Waals surface area contributed by atoms with Gasteiger partial charge in [0, 0.05) is 41.7 Å². The minimum Gasteiger partial charge on any atom is -0.489 e. The molecule has 4 aliphatic rings. The molecule has 0 aromatic carbocycles. The molecule has 1 saturated heterocycles. The quantitative estimate of drug-likeness (QED) is 0.537. The van der Waals surface area contributed by atoms with Crippen LogP contribution in [0.1, 0.15) is 52.0 Å². The number of fused-ring (bicyclic) bond motifs is 2. The third-order valence-corrected chi connectivity index (χ3v) is 9.15. The van der Waals surface area contributed by atoms with Crippen molar-refractivity contribution in [2.75, 3.05) is 11.5 Å². The Morgan fingerprint density at radius 1 is 1.30 bits per heavy atom. The van der Waals surface area contributed by atoms with Crippen LogP contribution in [-0.4, -0.2) is 55.4 Å². The number of ether oxygens (including phenoxy) is 1. The number of pyridine rings is 2. The molecule has 2 N–H and O–H groups in total. The highest BCUT2D eigenvalue weighted by atomic mass is 16.5. The van der Waals surface area contributed by atoms with Gasteiger partial charge in [-0.2, -0.15) is 10.4 Å². The zero-order valence-electron chi connectivity index (χ0n) is 21.2. The van der Waals surface area contributed by atoms with Crippen LogP contribution < -0.4 is 15.0 Å². The van der Waals surface area contributed by atoms with E-state index < -0.39 is 5.60 Å². The summed E-state index contributed by atoms with van der Waals surface area (Å²) < 4.78 is 7.50. The number of amides is 1. The van der Waals surface area contributed by atoms with E-state index >= 15 is 0 Å². The van der Waals surface area contributed by atoms with Gasteiger partial charge in [-0.05, 0) is 63.6 Å². The van der Waals surface area contributed by atoms with Gasteiger partial charge in [0.1, 0.15) is 24.2 Å². The lowest BCUT2D eigenvalue weighted by molar-refractivity contribution is -0.145. The standard InChI is InChI=1S/C28H30N6O3/c1-16(35)32-27-8-17-6-22-28(27,9-17)23(10-27)34(22)24-5-4-18(12-30-24)21-7-20(37-15-26(2,3)36)14-33-25(21)19(11-29)13-31-33/h4-5,7,12-14,17,22-23,36H,6,8-10,15H2,1-3H3,(H,32,35). The fourth-order valence-electron chi connectivity index (χ4n) is 8.06. The van der Waals surface area contributed by atoms with Crippen molar-refractivity contribution in [1.82, 2.24) is 19.9 Å². The Bertz CT molecular complexity index is 1480. The lowest BCUT2D eigenvalue weighted by Gasteiger charge is -2.77. The summed E-state index contributed by atoms with van der Waals surface area (Å²) in [6.45, 7) is 5.14. The maximum Gasteiger partial charge on any atom is 0.217 e. The van der Waals surface area contributed by atoms with Crippen molar-refractivity contribution in [3.05, 3.63) is 42.4 Å². The Hall–Kier alpha value is -3.64. The van der Waals surface area contributed by atoms with Crippen molar-refractivity contribution in [2.24, 2.45) is 11.3 Å². The number of nitrogens with zero attached hydrogens (tertiary/aromatic N) is 5. The Kier molecular flexibility index (Phi) is 4.40. The topological polar surface area (TPSA) is 116 Å². The van der Waals surface area contributed by atoms with Gasteiger partial charge in [0.2, 0.25) is 5.91 Å². The number of carbonyl (C=O) groups is 1. The van der Waals surface area contributed by atoms with E-state index in [-0.39, 0.29) is 23.5 Å². The number of rotatable bonds is 6. The third kappa shape index (κ3) is 2.96. The Morgan fingerprint density at radius 2 is 2.14 bits per heavy atom. The molecule has 4 heterocycles. The van der Waals surface area contributed by atoms with Crippen molar-refractivity contribution in [2.45, 2.75) is 69.7 Å². The Labute approximate surface area is 215 Å². The summed E-state index contributed by atoms with van der Waals surface area (Å²) in [7, 11) is 0. The molecule has 5 unspecified atom stereocenters. The number of nitrogens with one attached hydrogen (secondary N) is 1. The minimum atomic E-state index is -0.979. The molecular weight excluding hydrogens is 468 g/mol. The predicted octanol–water partition coefficient (Wildman–Crippen LogP) is 3.05. The second-order valence-corrected chi connectivity index (χ2v) is 12.0. The van der Waals surface area contributed by atoms with Crippen molar-refractivity contribution >= 4 is 17.2 Å². The highest BCUT2D eigenvalue weighted by molar-refractivity contribution is 5.85. The van der Waals surface area contributed by atoms with Crippen LogP contribution in [-0.2, 0) is 4.79 Å². The van der Waals surface area contributed by atoms with Gasteiger partial charge in [-0.3, -0.25) is 4.79 Å². The molecule has 4 fully saturated rings. The van der Waals surface area contributed by atoms with Crippen LogP contribution in [0.3, 0.4) is 0 Å². The van der Waals surface area contributed by atoms with Gasteiger partial charge in [0.15, 0.2) is 0 Å². The molecule has 1 amide bonds. The monoisotopic (exact) mass is 498 g/mol. The van der Waals surface area contributed by atoms with E-state index in [1.54, 1.807) is 37.7 Å². The molecule has 7 rings (SSSR count). The van der Waals surface area contributed by atoms with E-state index in [0.29, 0.717) is 34.8 Å². The van der Waals surface area contributed by atoms with Crippen molar-refractivity contribution < 1.29 is 14.6 Å².